The molecule has 0 aromatic heterocycles. The standard InChI is InChI=1S/2C29H43N2.2C4H10O.2Li/c2*1-18(2)23-14-12-15-24(19(3)4)27(23)30-22(9)29(10,11)31-28-25(20(5)6)16-13-17-26(28)21(7)8;2*1-3-5-4-2;;/h2*12-21H,1-11H3;2*3-4H2,1-2H3;;/q2*-1;;;2*+1/p+1. The Morgan fingerprint density at radius 3 is 0.905 bits per heavy atom. The largest absolute Gasteiger partial charge is 1.00 e. The molecule has 6 nitrogen and oxygen atoms in total. The minimum absolute atomic E-state index is 0. The van der Waals surface area contributed by atoms with Crippen LogP contribution in [0.1, 0.15) is 272 Å². The minimum atomic E-state index is -0.396. The number of ether oxygens (including phenoxy) is 2. The molecule has 0 amide bonds. The Morgan fingerprint density at radius 2 is 0.662 bits per heavy atom. The van der Waals surface area contributed by atoms with Crippen molar-refractivity contribution in [3.63, 3.8) is 0 Å². The summed E-state index contributed by atoms with van der Waals surface area (Å²) in [6, 6.07) is 26.6. The predicted octanol–water partition coefficient (Wildman–Crippen LogP) is 13.7. The van der Waals surface area contributed by atoms with E-state index in [4.69, 9.17) is 25.1 Å². The zero-order chi connectivity index (χ0) is 55.3. The van der Waals surface area contributed by atoms with Gasteiger partial charge in [-0.25, -0.2) is 4.99 Å². The summed E-state index contributed by atoms with van der Waals surface area (Å²) in [4.78, 5) is 9.06. The summed E-state index contributed by atoms with van der Waals surface area (Å²) in [6.07, 6.45) is 0. The van der Waals surface area contributed by atoms with Crippen LogP contribution in [0.25, 0.3) is 10.6 Å². The van der Waals surface area contributed by atoms with Gasteiger partial charge in [0.2, 0.25) is 5.69 Å². The van der Waals surface area contributed by atoms with E-state index in [-0.39, 0.29) is 43.3 Å². The Hall–Kier alpha value is -3.07. The third-order valence-corrected chi connectivity index (χ3v) is 13.4. The van der Waals surface area contributed by atoms with Crippen LogP contribution in [-0.4, -0.2) is 48.9 Å². The molecule has 0 atom stereocenters. The van der Waals surface area contributed by atoms with Gasteiger partial charge in [0, 0.05) is 50.2 Å². The number of hydrogen-bond donors (Lipinski definition) is 1. The summed E-state index contributed by atoms with van der Waals surface area (Å²) in [5.41, 5.74) is 16.9. The molecule has 4 aromatic rings. The first-order valence-electron chi connectivity index (χ1n) is 27.8. The van der Waals surface area contributed by atoms with Gasteiger partial charge in [-0.05, 0) is 98.6 Å². The second kappa shape index (κ2) is 35.4. The van der Waals surface area contributed by atoms with E-state index in [2.05, 4.69) is 230 Å². The van der Waals surface area contributed by atoms with Crippen LogP contribution in [0.5, 0.6) is 0 Å². The maximum absolute atomic E-state index is 5.38. The van der Waals surface area contributed by atoms with Crippen LogP contribution in [0.3, 0.4) is 0 Å². The van der Waals surface area contributed by atoms with Crippen molar-refractivity contribution in [2.45, 2.75) is 238 Å². The van der Waals surface area contributed by atoms with Gasteiger partial charge in [0.1, 0.15) is 5.71 Å². The Bertz CT molecular complexity index is 2000. The van der Waals surface area contributed by atoms with E-state index >= 15 is 0 Å². The fourth-order valence-electron chi connectivity index (χ4n) is 8.39. The SMILES string of the molecule is CC(=Nc1c(C(C)C)cccc1C(C)C)C(C)(C)[N-]c1c(C(C)C)cccc1C(C)C.CC(=[NH+]c1c(C(C)C)cccc1C(C)C)C(C)(C)[N-]c1c(C(C)C)cccc1C(C)C.CCOCC.CCOCC.[Li+].[Li+]. The molecule has 0 bridgehead atoms. The number of para-hydroxylation sites is 4. The number of aliphatic imine (C=N–C) groups is 1. The van der Waals surface area contributed by atoms with Crippen molar-refractivity contribution in [1.29, 1.82) is 0 Å². The van der Waals surface area contributed by atoms with Crippen molar-refractivity contribution < 1.29 is 52.2 Å². The molecule has 0 saturated heterocycles. The van der Waals surface area contributed by atoms with Crippen molar-refractivity contribution in [3.8, 4) is 0 Å². The topological polar surface area (TPSA) is 73.0 Å². The first kappa shape index (κ1) is 73.0. The molecule has 4 rings (SSSR count). The molecule has 0 heterocycles. The Balaban J connectivity index is 0. The molecule has 74 heavy (non-hydrogen) atoms. The van der Waals surface area contributed by atoms with Gasteiger partial charge in [-0.15, -0.1) is 11.4 Å². The van der Waals surface area contributed by atoms with Gasteiger partial charge in [0.25, 0.3) is 0 Å². The normalized spacial score (nSPS) is 12.1. The third-order valence-electron chi connectivity index (χ3n) is 13.4. The van der Waals surface area contributed by atoms with Gasteiger partial charge >= 0.3 is 37.7 Å². The van der Waals surface area contributed by atoms with Crippen LogP contribution >= 0.6 is 0 Å². The van der Waals surface area contributed by atoms with Gasteiger partial charge in [-0.1, -0.05) is 239 Å². The molecule has 0 radical (unpaired) electrons. The van der Waals surface area contributed by atoms with Crippen LogP contribution in [0, 0.1) is 0 Å². The van der Waals surface area contributed by atoms with Gasteiger partial charge in [-0.3, -0.25) is 4.99 Å². The van der Waals surface area contributed by atoms with E-state index in [1.807, 2.05) is 27.7 Å². The number of rotatable bonds is 20. The summed E-state index contributed by atoms with van der Waals surface area (Å²) in [6.45, 7) is 60.6. The van der Waals surface area contributed by atoms with E-state index < -0.39 is 5.54 Å². The van der Waals surface area contributed by atoms with Gasteiger partial charge in [0.05, 0.1) is 5.69 Å². The molecule has 0 saturated carbocycles. The average Bonchev–Trinajstić information content (AvgIpc) is 3.29. The molecule has 0 aliphatic carbocycles. The summed E-state index contributed by atoms with van der Waals surface area (Å²) < 4.78 is 9.67. The summed E-state index contributed by atoms with van der Waals surface area (Å²) >= 11 is 0. The number of benzene rings is 4. The van der Waals surface area contributed by atoms with Gasteiger partial charge < -0.3 is 20.1 Å². The van der Waals surface area contributed by atoms with Crippen molar-refractivity contribution in [3.05, 3.63) is 128 Å². The smallest absolute Gasteiger partial charge is 0.674 e. The molecule has 0 aliphatic rings. The number of nitrogens with one attached hydrogen (secondary N) is 1. The van der Waals surface area contributed by atoms with Gasteiger partial charge in [0.15, 0.2) is 0 Å². The monoisotopic (exact) mass is 1000 g/mol. The maximum Gasteiger partial charge on any atom is 1.00 e. The second-order valence-corrected chi connectivity index (χ2v) is 22.8. The van der Waals surface area contributed by atoms with E-state index in [0.717, 1.165) is 43.5 Å². The van der Waals surface area contributed by atoms with Crippen LogP contribution in [0.4, 0.5) is 22.7 Å². The molecule has 4 aromatic carbocycles. The predicted molar refractivity (Wildman–Crippen MR) is 321 cm³/mol. The van der Waals surface area contributed by atoms with Crippen LogP contribution in [-0.2, 0) is 9.47 Å². The molecule has 1 N–H and O–H groups in total. The third kappa shape index (κ3) is 22.5. The molecule has 0 unspecified atom stereocenters. The van der Waals surface area contributed by atoms with Crippen LogP contribution < -0.4 is 42.7 Å². The zero-order valence-corrected chi connectivity index (χ0v) is 53.0. The van der Waals surface area contributed by atoms with Crippen molar-refractivity contribution in [2.75, 3.05) is 26.4 Å². The summed E-state index contributed by atoms with van der Waals surface area (Å²) in [5, 5.41) is 10.7. The second-order valence-electron chi connectivity index (χ2n) is 22.8. The van der Waals surface area contributed by atoms with Crippen molar-refractivity contribution >= 4 is 34.2 Å². The molecule has 404 valence electrons. The molecule has 0 spiro atoms. The Labute approximate surface area is 481 Å². The molecular weight excluding hydrogens is 895 g/mol. The maximum atomic E-state index is 5.38. The van der Waals surface area contributed by atoms with Crippen LogP contribution in [0.15, 0.2) is 77.8 Å². The van der Waals surface area contributed by atoms with E-state index in [1.54, 1.807) is 0 Å². The fraction of sp³-hybridized carbons (Fsp3) is 0.606. The fourth-order valence-corrected chi connectivity index (χ4v) is 8.39. The van der Waals surface area contributed by atoms with Crippen molar-refractivity contribution in [1.82, 2.24) is 0 Å². The van der Waals surface area contributed by atoms with Crippen LogP contribution in [0.2, 0.25) is 0 Å². The number of nitrogens with zero attached hydrogens (tertiary/aromatic N) is 3. The molecule has 0 fully saturated rings. The minimum Gasteiger partial charge on any atom is -0.674 e. The first-order valence-corrected chi connectivity index (χ1v) is 27.8. The summed E-state index contributed by atoms with van der Waals surface area (Å²) in [7, 11) is 0. The first-order chi connectivity index (χ1) is 33.6. The van der Waals surface area contributed by atoms with Gasteiger partial charge in [-0.2, -0.15) is 0 Å². The summed E-state index contributed by atoms with van der Waals surface area (Å²) in [5.74, 6) is 3.52. The quantitative estimate of drug-likeness (QED) is 0.0708. The number of hydrogen-bond acceptors (Lipinski definition) is 3. The zero-order valence-electron chi connectivity index (χ0n) is 53.0. The molecule has 8 heteroatoms. The molecular formula is C66H107Li2N4O2+. The van der Waals surface area contributed by atoms with E-state index in [9.17, 15) is 0 Å². The average molecular weight is 1000 g/mol. The molecule has 0 aliphatic heterocycles. The van der Waals surface area contributed by atoms with E-state index in [1.165, 1.54) is 61.6 Å². The Morgan fingerprint density at radius 1 is 0.419 bits per heavy atom. The van der Waals surface area contributed by atoms with E-state index in [0.29, 0.717) is 47.3 Å². The van der Waals surface area contributed by atoms with Crippen molar-refractivity contribution in [2.24, 2.45) is 4.99 Å². The Kier molecular flexibility index (Phi) is 34.9.